The van der Waals surface area contributed by atoms with E-state index in [1.807, 2.05) is 7.05 Å². The average Bonchev–Trinajstić information content (AvgIpc) is 2.96. The van der Waals surface area contributed by atoms with E-state index < -0.39 is 15.8 Å². The van der Waals surface area contributed by atoms with Gasteiger partial charge in [0.15, 0.2) is 0 Å². The van der Waals surface area contributed by atoms with Crippen molar-refractivity contribution in [3.63, 3.8) is 0 Å². The van der Waals surface area contributed by atoms with E-state index in [0.29, 0.717) is 38.6 Å². The van der Waals surface area contributed by atoms with Crippen LogP contribution in [0.25, 0.3) is 0 Å². The maximum absolute atomic E-state index is 12.4. The first-order chi connectivity index (χ1) is 10.0. The van der Waals surface area contributed by atoms with Gasteiger partial charge in [-0.3, -0.25) is 0 Å². The fourth-order valence-corrected chi connectivity index (χ4v) is 4.38. The van der Waals surface area contributed by atoms with Crippen LogP contribution in [-0.4, -0.2) is 71.9 Å². The van der Waals surface area contributed by atoms with Gasteiger partial charge in [0.1, 0.15) is 5.60 Å². The van der Waals surface area contributed by atoms with Gasteiger partial charge < -0.3 is 14.8 Å². The molecule has 2 saturated heterocycles. The lowest BCUT2D eigenvalue weighted by atomic mass is 10.00. The number of hydrogen-bond acceptors (Lipinski definition) is 5. The van der Waals surface area contributed by atoms with Gasteiger partial charge in [-0.15, -0.1) is 0 Å². The number of hydrogen-bond donors (Lipinski definition) is 2. The molecule has 0 spiro atoms. The van der Waals surface area contributed by atoms with E-state index in [1.54, 1.807) is 11.4 Å². The number of rotatable bonds is 7. The summed E-state index contributed by atoms with van der Waals surface area (Å²) in [5, 5.41) is 3.12. The molecular weight excluding hydrogens is 294 g/mol. The van der Waals surface area contributed by atoms with Crippen molar-refractivity contribution >= 4 is 10.2 Å². The van der Waals surface area contributed by atoms with Crippen molar-refractivity contribution < 1.29 is 17.9 Å². The molecule has 0 aromatic rings. The quantitative estimate of drug-likeness (QED) is 0.664. The van der Waals surface area contributed by atoms with Gasteiger partial charge in [0.25, 0.3) is 10.2 Å². The van der Waals surface area contributed by atoms with Crippen LogP contribution < -0.4 is 10.0 Å². The van der Waals surface area contributed by atoms with E-state index in [0.717, 1.165) is 19.4 Å². The van der Waals surface area contributed by atoms with Gasteiger partial charge in [0, 0.05) is 39.8 Å². The lowest BCUT2D eigenvalue weighted by molar-refractivity contribution is -0.0123. The van der Waals surface area contributed by atoms with E-state index >= 15 is 0 Å². The zero-order chi connectivity index (χ0) is 15.3. The van der Waals surface area contributed by atoms with Crippen LogP contribution in [0.4, 0.5) is 0 Å². The molecule has 0 aliphatic carbocycles. The molecule has 0 radical (unpaired) electrons. The molecule has 2 atom stereocenters. The lowest BCUT2D eigenvalue weighted by Gasteiger charge is -2.33. The SMILES string of the molecule is CNCC1CCCN(S(=O)(=O)NCC2(OC)CCOC2)C1. The first-order valence-electron chi connectivity index (χ1n) is 7.53. The monoisotopic (exact) mass is 321 g/mol. The van der Waals surface area contributed by atoms with E-state index in [4.69, 9.17) is 9.47 Å². The zero-order valence-corrected chi connectivity index (χ0v) is 13.7. The first-order valence-corrected chi connectivity index (χ1v) is 8.97. The van der Waals surface area contributed by atoms with Crippen molar-refractivity contribution in [2.45, 2.75) is 24.9 Å². The Morgan fingerprint density at radius 1 is 1.48 bits per heavy atom. The van der Waals surface area contributed by atoms with Crippen LogP contribution >= 0.6 is 0 Å². The zero-order valence-electron chi connectivity index (χ0n) is 12.9. The van der Waals surface area contributed by atoms with Crippen LogP contribution in [0.2, 0.25) is 0 Å². The lowest BCUT2D eigenvalue weighted by Crippen LogP contribution is -2.52. The van der Waals surface area contributed by atoms with E-state index in [9.17, 15) is 8.42 Å². The third kappa shape index (κ3) is 4.37. The molecule has 2 heterocycles. The Labute approximate surface area is 127 Å². The number of ether oxygens (including phenoxy) is 2. The van der Waals surface area contributed by atoms with Gasteiger partial charge in [-0.1, -0.05) is 0 Å². The molecule has 0 saturated carbocycles. The van der Waals surface area contributed by atoms with Gasteiger partial charge in [-0.05, 0) is 32.4 Å². The van der Waals surface area contributed by atoms with Crippen LogP contribution in [0, 0.1) is 5.92 Å². The molecule has 124 valence electrons. The van der Waals surface area contributed by atoms with Gasteiger partial charge in [0.05, 0.1) is 6.61 Å². The Kier molecular flexibility index (Phi) is 5.98. The molecule has 2 aliphatic rings. The summed E-state index contributed by atoms with van der Waals surface area (Å²) >= 11 is 0. The molecule has 21 heavy (non-hydrogen) atoms. The minimum Gasteiger partial charge on any atom is -0.378 e. The highest BCUT2D eigenvalue weighted by atomic mass is 32.2. The fraction of sp³-hybridized carbons (Fsp3) is 1.00. The number of piperidine rings is 1. The van der Waals surface area contributed by atoms with E-state index in [1.165, 1.54) is 0 Å². The Hall–Kier alpha value is -0.250. The molecular formula is C13H27N3O4S. The first kappa shape index (κ1) is 17.1. The van der Waals surface area contributed by atoms with Crippen molar-refractivity contribution in [2.24, 2.45) is 5.92 Å². The summed E-state index contributed by atoms with van der Waals surface area (Å²) in [5.74, 6) is 0.381. The van der Waals surface area contributed by atoms with Crippen molar-refractivity contribution in [3.05, 3.63) is 0 Å². The van der Waals surface area contributed by atoms with Gasteiger partial charge >= 0.3 is 0 Å². The third-order valence-electron chi connectivity index (χ3n) is 4.39. The summed E-state index contributed by atoms with van der Waals surface area (Å²) in [6.45, 7) is 3.33. The predicted molar refractivity (Wildman–Crippen MR) is 80.3 cm³/mol. The van der Waals surface area contributed by atoms with Crippen molar-refractivity contribution in [3.8, 4) is 0 Å². The molecule has 0 aromatic heterocycles. The minimum absolute atomic E-state index is 0.263. The molecule has 2 N–H and O–H groups in total. The third-order valence-corrected chi connectivity index (χ3v) is 5.91. The van der Waals surface area contributed by atoms with Gasteiger partial charge in [-0.25, -0.2) is 0 Å². The molecule has 7 nitrogen and oxygen atoms in total. The number of nitrogens with zero attached hydrogens (tertiary/aromatic N) is 1. The second-order valence-electron chi connectivity index (χ2n) is 5.94. The largest absolute Gasteiger partial charge is 0.378 e. The second kappa shape index (κ2) is 7.34. The molecule has 2 rings (SSSR count). The van der Waals surface area contributed by atoms with Crippen LogP contribution in [0.5, 0.6) is 0 Å². The molecule has 8 heteroatoms. The summed E-state index contributed by atoms with van der Waals surface area (Å²) in [7, 11) is 0.0507. The standard InChI is InChI=1S/C13H27N3O4S/c1-14-8-12-4-3-6-16(9-12)21(17,18)15-10-13(19-2)5-7-20-11-13/h12,14-15H,3-11H2,1-2H3. The highest BCUT2D eigenvalue weighted by molar-refractivity contribution is 7.87. The Bertz CT molecular complexity index is 421. The van der Waals surface area contributed by atoms with Crippen molar-refractivity contribution in [1.82, 2.24) is 14.3 Å². The average molecular weight is 321 g/mol. The van der Waals surface area contributed by atoms with Crippen LogP contribution in [0.3, 0.4) is 0 Å². The second-order valence-corrected chi connectivity index (χ2v) is 7.70. The summed E-state index contributed by atoms with van der Waals surface area (Å²) < 4.78 is 39.9. The number of methoxy groups -OCH3 is 1. The van der Waals surface area contributed by atoms with Crippen molar-refractivity contribution in [2.75, 3.05) is 53.6 Å². The molecule has 0 bridgehead atoms. The Morgan fingerprint density at radius 2 is 2.29 bits per heavy atom. The maximum atomic E-state index is 12.4. The maximum Gasteiger partial charge on any atom is 0.279 e. The molecule has 2 aliphatic heterocycles. The summed E-state index contributed by atoms with van der Waals surface area (Å²) in [6, 6.07) is 0. The minimum atomic E-state index is -3.45. The summed E-state index contributed by atoms with van der Waals surface area (Å²) in [6.07, 6.45) is 2.70. The Balaban J connectivity index is 1.91. The molecule has 0 amide bonds. The smallest absolute Gasteiger partial charge is 0.279 e. The summed E-state index contributed by atoms with van der Waals surface area (Å²) in [5.41, 5.74) is -0.521. The van der Waals surface area contributed by atoms with Crippen LogP contribution in [0.1, 0.15) is 19.3 Å². The van der Waals surface area contributed by atoms with Crippen LogP contribution in [0.15, 0.2) is 0 Å². The fourth-order valence-electron chi connectivity index (χ4n) is 2.98. The van der Waals surface area contributed by atoms with Gasteiger partial charge in [-0.2, -0.15) is 17.4 Å². The van der Waals surface area contributed by atoms with Gasteiger partial charge in [0.2, 0.25) is 0 Å². The highest BCUT2D eigenvalue weighted by Gasteiger charge is 2.37. The Morgan fingerprint density at radius 3 is 2.90 bits per heavy atom. The predicted octanol–water partition coefficient (Wildman–Crippen LogP) is -0.442. The normalized spacial score (nSPS) is 31.6. The van der Waals surface area contributed by atoms with E-state index in [-0.39, 0.29) is 6.54 Å². The molecule has 2 fully saturated rings. The molecule has 2 unspecified atom stereocenters. The van der Waals surface area contributed by atoms with E-state index in [2.05, 4.69) is 10.0 Å². The topological polar surface area (TPSA) is 79.9 Å². The summed E-state index contributed by atoms with van der Waals surface area (Å²) in [4.78, 5) is 0. The van der Waals surface area contributed by atoms with Crippen molar-refractivity contribution in [1.29, 1.82) is 0 Å². The molecule has 0 aromatic carbocycles. The number of nitrogens with one attached hydrogen (secondary N) is 2. The van der Waals surface area contributed by atoms with Crippen LogP contribution in [-0.2, 0) is 19.7 Å². The highest BCUT2D eigenvalue weighted by Crippen LogP contribution is 2.23.